The molecule has 1 aromatic heterocycles. The maximum atomic E-state index is 13.0. The number of hydrogen-bond donors (Lipinski definition) is 1. The van der Waals surface area contributed by atoms with Gasteiger partial charge >= 0.3 is 12.4 Å². The molecule has 0 saturated carbocycles. The molecule has 1 heterocycles. The maximum Gasteiger partial charge on any atom is 0.419 e. The second-order valence-corrected chi connectivity index (χ2v) is 5.97. The van der Waals surface area contributed by atoms with E-state index in [9.17, 15) is 35.1 Å². The molecule has 13 heteroatoms. The highest BCUT2D eigenvalue weighted by atomic mass is 35.5. The molecule has 166 valence electrons. The van der Waals surface area contributed by atoms with Crippen LogP contribution in [0, 0.1) is 11.6 Å². The van der Waals surface area contributed by atoms with Gasteiger partial charge in [-0.3, -0.25) is 0 Å². The largest absolute Gasteiger partial charge is 0.508 e. The van der Waals surface area contributed by atoms with E-state index in [2.05, 4.69) is 9.97 Å². The Bertz CT molecular complexity index is 1060. The van der Waals surface area contributed by atoms with Crippen molar-refractivity contribution in [3.05, 3.63) is 76.7 Å². The van der Waals surface area contributed by atoms with Gasteiger partial charge in [0.25, 0.3) is 0 Å². The van der Waals surface area contributed by atoms with E-state index < -0.39 is 40.9 Å². The van der Waals surface area contributed by atoms with Crippen LogP contribution in [0.1, 0.15) is 11.1 Å². The van der Waals surface area contributed by atoms with Crippen molar-refractivity contribution in [1.29, 1.82) is 0 Å². The molecule has 0 aliphatic heterocycles. The van der Waals surface area contributed by atoms with E-state index in [0.717, 1.165) is 18.5 Å². The van der Waals surface area contributed by atoms with Gasteiger partial charge in [-0.2, -0.15) is 26.3 Å². The molecule has 3 rings (SSSR count). The molecule has 3 aromatic rings. The topological polar surface area (TPSA) is 55.2 Å². The van der Waals surface area contributed by atoms with Crippen LogP contribution in [0.25, 0.3) is 0 Å². The lowest BCUT2D eigenvalue weighted by molar-refractivity contribution is -0.140. The number of hydrogen-bond acceptors (Lipinski definition) is 4. The van der Waals surface area contributed by atoms with Crippen LogP contribution in [0.3, 0.4) is 0 Å². The van der Waals surface area contributed by atoms with Crippen LogP contribution >= 0.6 is 11.6 Å². The molecule has 0 unspecified atom stereocenters. The SMILES string of the molecule is Fc1ccc(Oc2cc(Cl)ncn2)cc1C(F)(F)F.Oc1ccc(F)c(C(F)(F)F)c1. The van der Waals surface area contributed by atoms with Crippen molar-refractivity contribution in [1.82, 2.24) is 9.97 Å². The molecule has 0 atom stereocenters. The molecule has 2 aromatic carbocycles. The van der Waals surface area contributed by atoms with Crippen LogP contribution in [0.4, 0.5) is 35.1 Å². The first-order chi connectivity index (χ1) is 14.3. The predicted octanol–water partition coefficient (Wildman–Crippen LogP) is 6.63. The molecule has 0 bridgehead atoms. The van der Waals surface area contributed by atoms with Crippen LogP contribution in [-0.2, 0) is 12.4 Å². The van der Waals surface area contributed by atoms with Crippen LogP contribution in [-0.4, -0.2) is 15.1 Å². The summed E-state index contributed by atoms with van der Waals surface area (Å²) < 4.78 is 104. The van der Waals surface area contributed by atoms with Crippen molar-refractivity contribution in [2.45, 2.75) is 12.4 Å². The third-order valence-corrected chi connectivity index (χ3v) is 3.54. The van der Waals surface area contributed by atoms with E-state index in [0.29, 0.717) is 24.3 Å². The zero-order valence-corrected chi connectivity index (χ0v) is 15.5. The molecular weight excluding hydrogens is 464 g/mol. The second-order valence-electron chi connectivity index (χ2n) is 5.58. The molecule has 0 saturated heterocycles. The van der Waals surface area contributed by atoms with Crippen molar-refractivity contribution in [2.24, 2.45) is 0 Å². The molecule has 4 nitrogen and oxygen atoms in total. The number of aromatic hydroxyl groups is 1. The maximum absolute atomic E-state index is 13.0. The van der Waals surface area contributed by atoms with E-state index in [1.54, 1.807) is 0 Å². The summed E-state index contributed by atoms with van der Waals surface area (Å²) in [5.74, 6) is -3.62. The summed E-state index contributed by atoms with van der Waals surface area (Å²) in [6.45, 7) is 0. The Morgan fingerprint density at radius 2 is 1.32 bits per heavy atom. The van der Waals surface area contributed by atoms with Crippen molar-refractivity contribution >= 4 is 11.6 Å². The highest BCUT2D eigenvalue weighted by molar-refractivity contribution is 6.29. The first kappa shape index (κ1) is 24.1. The van der Waals surface area contributed by atoms with E-state index in [-0.39, 0.29) is 16.8 Å². The third kappa shape index (κ3) is 6.95. The summed E-state index contributed by atoms with van der Waals surface area (Å²) in [5.41, 5.74) is -2.87. The quantitative estimate of drug-likeness (QED) is 0.336. The van der Waals surface area contributed by atoms with Crippen LogP contribution in [0.15, 0.2) is 48.8 Å². The van der Waals surface area contributed by atoms with Gasteiger partial charge in [-0.1, -0.05) is 11.6 Å². The highest BCUT2D eigenvalue weighted by Crippen LogP contribution is 2.35. The normalized spacial score (nSPS) is 11.5. The monoisotopic (exact) mass is 472 g/mol. The number of halogens is 9. The first-order valence-corrected chi connectivity index (χ1v) is 8.23. The van der Waals surface area contributed by atoms with Gasteiger partial charge in [-0.25, -0.2) is 18.7 Å². The van der Waals surface area contributed by atoms with Gasteiger partial charge < -0.3 is 9.84 Å². The fourth-order valence-electron chi connectivity index (χ4n) is 2.01. The average Bonchev–Trinajstić information content (AvgIpc) is 2.64. The lowest BCUT2D eigenvalue weighted by Crippen LogP contribution is -2.08. The fraction of sp³-hybridized carbons (Fsp3) is 0.111. The van der Waals surface area contributed by atoms with E-state index >= 15 is 0 Å². The summed E-state index contributed by atoms with van der Waals surface area (Å²) >= 11 is 5.57. The Morgan fingerprint density at radius 1 is 0.774 bits per heavy atom. The molecular formula is C18H9ClF8N2O2. The molecule has 1 N–H and O–H groups in total. The number of rotatable bonds is 2. The van der Waals surface area contributed by atoms with Gasteiger partial charge in [-0.05, 0) is 36.4 Å². The first-order valence-electron chi connectivity index (χ1n) is 7.85. The van der Waals surface area contributed by atoms with Gasteiger partial charge in [0.1, 0.15) is 34.6 Å². The standard InChI is InChI=1S/C11H5ClF4N2O.C7H4F4O/c12-9-4-10(18-5-17-9)19-6-1-2-8(13)7(3-6)11(14,15)16;8-6-2-1-4(12)3-5(6)7(9,10)11/h1-5H;1-3,12H. The lowest BCUT2D eigenvalue weighted by Gasteiger charge is -2.10. The zero-order valence-electron chi connectivity index (χ0n) is 14.8. The molecule has 0 spiro atoms. The van der Waals surface area contributed by atoms with Crippen molar-refractivity contribution in [2.75, 3.05) is 0 Å². The molecule has 0 aliphatic rings. The fourth-order valence-corrected chi connectivity index (χ4v) is 2.15. The lowest BCUT2D eigenvalue weighted by atomic mass is 10.2. The minimum atomic E-state index is -4.80. The average molecular weight is 473 g/mol. The number of nitrogens with zero attached hydrogens (tertiary/aromatic N) is 2. The molecule has 0 radical (unpaired) electrons. The van der Waals surface area contributed by atoms with Gasteiger partial charge in [-0.15, -0.1) is 0 Å². The second kappa shape index (κ2) is 9.33. The summed E-state index contributed by atoms with van der Waals surface area (Å²) in [5, 5.41) is 8.71. The Hall–Kier alpha value is -3.15. The smallest absolute Gasteiger partial charge is 0.419 e. The Morgan fingerprint density at radius 3 is 1.84 bits per heavy atom. The van der Waals surface area contributed by atoms with Gasteiger partial charge in [0.05, 0.1) is 11.1 Å². The van der Waals surface area contributed by atoms with Crippen molar-refractivity contribution in [3.63, 3.8) is 0 Å². The zero-order chi connectivity index (χ0) is 23.4. The van der Waals surface area contributed by atoms with Crippen LogP contribution in [0.5, 0.6) is 17.4 Å². The number of phenols is 1. The summed E-state index contributed by atoms with van der Waals surface area (Å²) in [6.07, 6.45) is -8.47. The number of alkyl halides is 6. The van der Waals surface area contributed by atoms with Crippen molar-refractivity contribution < 1.29 is 45.0 Å². The minimum Gasteiger partial charge on any atom is -0.508 e. The van der Waals surface area contributed by atoms with Gasteiger partial charge in [0, 0.05) is 6.07 Å². The van der Waals surface area contributed by atoms with E-state index in [1.807, 2.05) is 0 Å². The number of phenolic OH excluding ortho intramolecular Hbond substituents is 1. The van der Waals surface area contributed by atoms with Gasteiger partial charge in [0.15, 0.2) is 0 Å². The summed E-state index contributed by atoms with van der Waals surface area (Å²) in [7, 11) is 0. The highest BCUT2D eigenvalue weighted by Gasteiger charge is 2.35. The molecule has 0 aliphatic carbocycles. The Balaban J connectivity index is 0.000000245. The molecule has 0 amide bonds. The van der Waals surface area contributed by atoms with Crippen LogP contribution in [0.2, 0.25) is 5.15 Å². The Labute approximate surface area is 173 Å². The van der Waals surface area contributed by atoms with E-state index in [1.165, 1.54) is 6.07 Å². The molecule has 31 heavy (non-hydrogen) atoms. The van der Waals surface area contributed by atoms with E-state index in [4.69, 9.17) is 21.4 Å². The number of benzene rings is 2. The number of aromatic nitrogens is 2. The predicted molar refractivity (Wildman–Crippen MR) is 91.6 cm³/mol. The number of ether oxygens (including phenoxy) is 1. The van der Waals surface area contributed by atoms with Crippen LogP contribution < -0.4 is 4.74 Å². The van der Waals surface area contributed by atoms with Gasteiger partial charge in [0.2, 0.25) is 5.88 Å². The van der Waals surface area contributed by atoms with Crippen molar-refractivity contribution in [3.8, 4) is 17.4 Å². The summed E-state index contributed by atoms with van der Waals surface area (Å²) in [4.78, 5) is 7.24. The Kier molecular flexibility index (Phi) is 7.26. The third-order valence-electron chi connectivity index (χ3n) is 3.33. The molecule has 0 fully saturated rings. The summed E-state index contributed by atoms with van der Waals surface area (Å²) in [6, 6.07) is 5.25. The minimum absolute atomic E-state index is 0.0419.